The quantitative estimate of drug-likeness (QED) is 0.288. The summed E-state index contributed by atoms with van der Waals surface area (Å²) in [5.74, 6) is 1.32. The molecule has 1 aromatic rings. The molecule has 1 saturated carbocycles. The maximum atomic E-state index is 12.8. The Bertz CT molecular complexity index is 882. The summed E-state index contributed by atoms with van der Waals surface area (Å²) in [5, 5.41) is 0. The van der Waals surface area contributed by atoms with Gasteiger partial charge in [0.1, 0.15) is 5.75 Å². The molecule has 2 aliphatic rings. The van der Waals surface area contributed by atoms with Crippen molar-refractivity contribution < 1.29 is 19.1 Å². The van der Waals surface area contributed by atoms with Crippen molar-refractivity contribution in [2.75, 3.05) is 13.2 Å². The van der Waals surface area contributed by atoms with E-state index in [4.69, 9.17) is 15.2 Å². The number of benzene rings is 1. The first kappa shape index (κ1) is 28.0. The highest BCUT2D eigenvalue weighted by Crippen LogP contribution is 2.31. The molecular formula is C28H44N4O4. The van der Waals surface area contributed by atoms with Gasteiger partial charge in [0.05, 0.1) is 24.9 Å². The van der Waals surface area contributed by atoms with Gasteiger partial charge in [-0.25, -0.2) is 4.99 Å². The molecule has 0 radical (unpaired) electrons. The van der Waals surface area contributed by atoms with Crippen LogP contribution in [0.5, 0.6) is 5.75 Å². The van der Waals surface area contributed by atoms with E-state index >= 15 is 0 Å². The van der Waals surface area contributed by atoms with Gasteiger partial charge in [-0.2, -0.15) is 0 Å². The molecule has 3 rings (SSSR count). The van der Waals surface area contributed by atoms with Gasteiger partial charge in [-0.05, 0) is 64.0 Å². The number of amides is 1. The van der Waals surface area contributed by atoms with Crippen molar-refractivity contribution in [1.29, 1.82) is 0 Å². The third kappa shape index (κ3) is 7.95. The van der Waals surface area contributed by atoms with Gasteiger partial charge in [0.2, 0.25) is 5.91 Å². The zero-order chi connectivity index (χ0) is 25.9. The predicted molar refractivity (Wildman–Crippen MR) is 142 cm³/mol. The Morgan fingerprint density at radius 2 is 2.00 bits per heavy atom. The summed E-state index contributed by atoms with van der Waals surface area (Å²) >= 11 is 0. The smallest absolute Gasteiger partial charge is 0.222 e. The highest BCUT2D eigenvalue weighted by atomic mass is 16.5. The van der Waals surface area contributed by atoms with Crippen LogP contribution >= 0.6 is 0 Å². The maximum Gasteiger partial charge on any atom is 0.222 e. The number of hydrogen-bond donors (Lipinski definition) is 1. The van der Waals surface area contributed by atoms with Crippen LogP contribution in [0.25, 0.3) is 0 Å². The summed E-state index contributed by atoms with van der Waals surface area (Å²) < 4.78 is 11.6. The van der Waals surface area contributed by atoms with E-state index in [-0.39, 0.29) is 12.1 Å². The summed E-state index contributed by atoms with van der Waals surface area (Å²) in [4.78, 5) is 32.6. The second-order valence-electron chi connectivity index (χ2n) is 10.1. The fourth-order valence-corrected chi connectivity index (χ4v) is 5.03. The van der Waals surface area contributed by atoms with Crippen molar-refractivity contribution in [3.63, 3.8) is 0 Å². The first-order valence-electron chi connectivity index (χ1n) is 13.7. The molecule has 1 amide bonds. The molecule has 8 nitrogen and oxygen atoms in total. The number of aldehydes is 1. The minimum Gasteiger partial charge on any atom is -0.494 e. The summed E-state index contributed by atoms with van der Waals surface area (Å²) in [6.45, 7) is 7.83. The average Bonchev–Trinajstić information content (AvgIpc) is 2.87. The van der Waals surface area contributed by atoms with Crippen molar-refractivity contribution in [2.45, 2.75) is 110 Å². The van der Waals surface area contributed by atoms with Crippen LogP contribution in [-0.2, 0) is 20.9 Å². The van der Waals surface area contributed by atoms with Gasteiger partial charge in [0.15, 0.2) is 18.5 Å². The minimum atomic E-state index is -0.763. The number of carbonyl (C=O) groups excluding carboxylic acids is 2. The summed E-state index contributed by atoms with van der Waals surface area (Å²) in [7, 11) is 0. The maximum absolute atomic E-state index is 12.8. The SMILES string of the molecule is CCCN(C(=O)CCCCCOc1ccc2c(c1)N=C(N)N(C(C=O)OC(C)C)C2)C1CCCCC1. The molecular weight excluding hydrogens is 456 g/mol. The Balaban J connectivity index is 1.42. The molecule has 0 saturated heterocycles. The summed E-state index contributed by atoms with van der Waals surface area (Å²) in [6.07, 6.45) is 10.4. The molecule has 36 heavy (non-hydrogen) atoms. The molecule has 2 N–H and O–H groups in total. The van der Waals surface area contributed by atoms with Crippen molar-refractivity contribution in [2.24, 2.45) is 10.7 Å². The third-order valence-corrected chi connectivity index (χ3v) is 6.87. The van der Waals surface area contributed by atoms with E-state index in [1.165, 1.54) is 19.3 Å². The lowest BCUT2D eigenvalue weighted by molar-refractivity contribution is -0.134. The van der Waals surface area contributed by atoms with E-state index < -0.39 is 6.23 Å². The van der Waals surface area contributed by atoms with Crippen LogP contribution in [-0.4, -0.2) is 59.5 Å². The molecule has 1 aliphatic heterocycles. The van der Waals surface area contributed by atoms with Crippen LogP contribution in [0.1, 0.15) is 90.5 Å². The molecule has 1 heterocycles. The number of fused-ring (bicyclic) bond motifs is 1. The number of guanidine groups is 1. The Morgan fingerprint density at radius 1 is 1.22 bits per heavy atom. The highest BCUT2D eigenvalue weighted by Gasteiger charge is 2.27. The van der Waals surface area contributed by atoms with E-state index in [0.29, 0.717) is 31.5 Å². The number of carbonyl (C=O) groups is 2. The Morgan fingerprint density at radius 3 is 2.69 bits per heavy atom. The normalized spacial score (nSPS) is 16.9. The van der Waals surface area contributed by atoms with Gasteiger partial charge >= 0.3 is 0 Å². The number of nitrogens with two attached hydrogens (primary N) is 1. The van der Waals surface area contributed by atoms with Crippen LogP contribution in [0.3, 0.4) is 0 Å². The zero-order valence-corrected chi connectivity index (χ0v) is 22.3. The molecule has 1 aliphatic carbocycles. The molecule has 0 aromatic heterocycles. The van der Waals surface area contributed by atoms with E-state index in [9.17, 15) is 9.59 Å². The molecule has 200 valence electrons. The molecule has 8 heteroatoms. The van der Waals surface area contributed by atoms with Crippen LogP contribution in [0.2, 0.25) is 0 Å². The molecule has 0 spiro atoms. The van der Waals surface area contributed by atoms with Crippen molar-refractivity contribution in [1.82, 2.24) is 9.80 Å². The Hall–Kier alpha value is -2.61. The van der Waals surface area contributed by atoms with Gasteiger partial charge < -0.3 is 25.0 Å². The first-order valence-corrected chi connectivity index (χ1v) is 13.7. The fourth-order valence-electron chi connectivity index (χ4n) is 5.03. The van der Waals surface area contributed by atoms with Gasteiger partial charge in [-0.15, -0.1) is 0 Å². The standard InChI is InChI=1S/C28H44N4O4/c1-4-16-31(23-11-7-5-8-12-23)26(34)13-9-6-10-17-35-24-15-14-22-19-32(27(20-33)36-21(2)3)28(29)30-25(22)18-24/h14-15,18,20-21,23,27H,4-13,16-17,19H2,1-3H3,(H2,29,30). The number of rotatable bonds is 14. The van der Waals surface area contributed by atoms with Crippen molar-refractivity contribution in [3.8, 4) is 5.75 Å². The zero-order valence-electron chi connectivity index (χ0n) is 22.3. The van der Waals surface area contributed by atoms with Crippen LogP contribution in [0.15, 0.2) is 23.2 Å². The summed E-state index contributed by atoms with van der Waals surface area (Å²) in [5.41, 5.74) is 7.84. The average molecular weight is 501 g/mol. The van der Waals surface area contributed by atoms with E-state index in [1.807, 2.05) is 32.0 Å². The molecule has 1 aromatic carbocycles. The number of hydrogen-bond acceptors (Lipinski definition) is 7. The number of ether oxygens (including phenoxy) is 2. The number of aliphatic imine (C=N–C) groups is 1. The lowest BCUT2D eigenvalue weighted by Gasteiger charge is -2.34. The topological polar surface area (TPSA) is 97.5 Å². The monoisotopic (exact) mass is 500 g/mol. The van der Waals surface area contributed by atoms with E-state index in [0.717, 1.165) is 68.4 Å². The lowest BCUT2D eigenvalue weighted by Crippen LogP contribution is -2.48. The highest BCUT2D eigenvalue weighted by molar-refractivity contribution is 5.85. The lowest BCUT2D eigenvalue weighted by atomic mass is 9.93. The molecule has 0 bridgehead atoms. The third-order valence-electron chi connectivity index (χ3n) is 6.87. The van der Waals surface area contributed by atoms with Crippen molar-refractivity contribution in [3.05, 3.63) is 23.8 Å². The minimum absolute atomic E-state index is 0.101. The van der Waals surface area contributed by atoms with Gasteiger partial charge in [-0.3, -0.25) is 9.59 Å². The second-order valence-corrected chi connectivity index (χ2v) is 10.1. The van der Waals surface area contributed by atoms with E-state index in [1.54, 1.807) is 4.90 Å². The molecule has 1 fully saturated rings. The van der Waals surface area contributed by atoms with Gasteiger partial charge in [0, 0.05) is 25.1 Å². The number of nitrogens with zero attached hydrogens (tertiary/aromatic N) is 3. The second kappa shape index (κ2) is 14.2. The summed E-state index contributed by atoms with van der Waals surface area (Å²) in [6, 6.07) is 6.21. The first-order chi connectivity index (χ1) is 17.4. The Labute approximate surface area is 216 Å². The van der Waals surface area contributed by atoms with Crippen LogP contribution in [0, 0.1) is 0 Å². The molecule has 1 atom stereocenters. The Kier molecular flexibility index (Phi) is 11.0. The van der Waals surface area contributed by atoms with Crippen LogP contribution in [0.4, 0.5) is 5.69 Å². The largest absolute Gasteiger partial charge is 0.494 e. The van der Waals surface area contributed by atoms with E-state index in [2.05, 4.69) is 16.8 Å². The van der Waals surface area contributed by atoms with Crippen LogP contribution < -0.4 is 10.5 Å². The fraction of sp³-hybridized carbons (Fsp3) is 0.679. The van der Waals surface area contributed by atoms with Gasteiger partial charge in [-0.1, -0.05) is 32.3 Å². The van der Waals surface area contributed by atoms with Crippen molar-refractivity contribution >= 4 is 23.8 Å². The number of unbranched alkanes of at least 4 members (excludes halogenated alkanes) is 2. The van der Waals surface area contributed by atoms with Gasteiger partial charge in [0.25, 0.3) is 0 Å². The molecule has 1 unspecified atom stereocenters. The predicted octanol–water partition coefficient (Wildman–Crippen LogP) is 4.91.